The summed E-state index contributed by atoms with van der Waals surface area (Å²) >= 11 is 0. The molecule has 0 bridgehead atoms. The maximum absolute atomic E-state index is 10.2. The van der Waals surface area contributed by atoms with Crippen LogP contribution in [0.1, 0.15) is 97.3 Å². The van der Waals surface area contributed by atoms with Crippen LogP contribution in [-0.2, 0) is 14.6 Å². The molecular formula is C17H38O5S. The third-order valence-electron chi connectivity index (χ3n) is 3.49. The van der Waals surface area contributed by atoms with Crippen molar-refractivity contribution in [2.75, 3.05) is 13.2 Å². The Hall–Kier alpha value is -0.170. The SMILES string of the molecule is CCCCCCCCCCCCOS(=O)(=O)O.CCCCCO. The Bertz CT molecular complexity index is 300. The Kier molecular flexibility index (Phi) is 21.7. The van der Waals surface area contributed by atoms with E-state index in [0.717, 1.165) is 25.7 Å². The molecule has 0 heterocycles. The lowest BCUT2D eigenvalue weighted by atomic mass is 10.1. The summed E-state index contributed by atoms with van der Waals surface area (Å²) in [6, 6.07) is 0. The molecule has 0 rings (SSSR count). The monoisotopic (exact) mass is 354 g/mol. The van der Waals surface area contributed by atoms with Crippen molar-refractivity contribution < 1.29 is 22.3 Å². The van der Waals surface area contributed by atoms with Crippen LogP contribution >= 0.6 is 0 Å². The van der Waals surface area contributed by atoms with Gasteiger partial charge in [0.15, 0.2) is 0 Å². The fraction of sp³-hybridized carbons (Fsp3) is 1.00. The first-order valence-corrected chi connectivity index (χ1v) is 10.6. The molecule has 0 aliphatic carbocycles. The second-order valence-electron chi connectivity index (χ2n) is 5.86. The quantitative estimate of drug-likeness (QED) is 0.323. The van der Waals surface area contributed by atoms with E-state index < -0.39 is 10.4 Å². The summed E-state index contributed by atoms with van der Waals surface area (Å²) in [5.74, 6) is 0. The lowest BCUT2D eigenvalue weighted by Crippen LogP contribution is -2.04. The molecule has 5 nitrogen and oxygen atoms in total. The summed E-state index contributed by atoms with van der Waals surface area (Å²) in [5.41, 5.74) is 0. The molecule has 0 atom stereocenters. The van der Waals surface area contributed by atoms with E-state index in [2.05, 4.69) is 18.0 Å². The van der Waals surface area contributed by atoms with Crippen molar-refractivity contribution in [2.45, 2.75) is 97.3 Å². The average Bonchev–Trinajstić information content (AvgIpc) is 2.50. The summed E-state index contributed by atoms with van der Waals surface area (Å²) in [5, 5.41) is 8.20. The van der Waals surface area contributed by atoms with Crippen LogP contribution in [0, 0.1) is 0 Å². The molecule has 0 saturated heterocycles. The second kappa shape index (κ2) is 19.9. The maximum atomic E-state index is 10.2. The molecule has 2 N–H and O–H groups in total. The van der Waals surface area contributed by atoms with Gasteiger partial charge in [-0.3, -0.25) is 4.55 Å². The summed E-state index contributed by atoms with van der Waals surface area (Å²) in [6.07, 6.45) is 15.2. The molecule has 0 aromatic carbocycles. The van der Waals surface area contributed by atoms with E-state index in [1.54, 1.807) is 0 Å². The first kappa shape index (κ1) is 25.1. The van der Waals surface area contributed by atoms with E-state index >= 15 is 0 Å². The minimum Gasteiger partial charge on any atom is -0.396 e. The van der Waals surface area contributed by atoms with Crippen molar-refractivity contribution in [1.29, 1.82) is 0 Å². The van der Waals surface area contributed by atoms with Gasteiger partial charge in [0.1, 0.15) is 0 Å². The van der Waals surface area contributed by atoms with Gasteiger partial charge in [-0.1, -0.05) is 84.5 Å². The van der Waals surface area contributed by atoms with Gasteiger partial charge in [0.05, 0.1) is 6.61 Å². The van der Waals surface area contributed by atoms with Crippen LogP contribution in [0.4, 0.5) is 0 Å². The van der Waals surface area contributed by atoms with Crippen LogP contribution in [0.3, 0.4) is 0 Å². The first-order chi connectivity index (χ1) is 11.0. The zero-order valence-corrected chi connectivity index (χ0v) is 16.0. The molecule has 0 aliphatic heterocycles. The predicted octanol–water partition coefficient (Wildman–Crippen LogP) is 4.90. The topological polar surface area (TPSA) is 83.8 Å². The molecule has 0 amide bonds. The molecule has 0 radical (unpaired) electrons. The van der Waals surface area contributed by atoms with E-state index in [4.69, 9.17) is 9.66 Å². The largest absolute Gasteiger partial charge is 0.397 e. The van der Waals surface area contributed by atoms with Gasteiger partial charge in [-0.25, -0.2) is 4.18 Å². The Morgan fingerprint density at radius 1 is 0.696 bits per heavy atom. The number of rotatable bonds is 15. The highest BCUT2D eigenvalue weighted by Crippen LogP contribution is 2.10. The number of hydrogen-bond donors (Lipinski definition) is 2. The lowest BCUT2D eigenvalue weighted by molar-refractivity contribution is 0.261. The van der Waals surface area contributed by atoms with Crippen LogP contribution < -0.4 is 0 Å². The molecule has 6 heteroatoms. The predicted molar refractivity (Wildman–Crippen MR) is 96.0 cm³/mol. The molecule has 0 fully saturated rings. The summed E-state index contributed by atoms with van der Waals surface area (Å²) in [4.78, 5) is 0. The maximum Gasteiger partial charge on any atom is 0.397 e. The second-order valence-corrected chi connectivity index (χ2v) is 6.95. The molecule has 0 aliphatic rings. The van der Waals surface area contributed by atoms with Crippen LogP contribution in [-0.4, -0.2) is 31.3 Å². The standard InChI is InChI=1S/C12H26O4S.C5H12O/c1-2-3-4-5-6-7-8-9-10-11-12-16-17(13,14)15;1-2-3-4-5-6/h2-12H2,1H3,(H,13,14,15);6H,2-5H2,1H3. The molecule has 0 aromatic rings. The van der Waals surface area contributed by atoms with E-state index in [9.17, 15) is 8.42 Å². The van der Waals surface area contributed by atoms with Crippen LogP contribution in [0.5, 0.6) is 0 Å². The minimum atomic E-state index is -4.23. The summed E-state index contributed by atoms with van der Waals surface area (Å²) in [7, 11) is -4.23. The van der Waals surface area contributed by atoms with Gasteiger partial charge in [0, 0.05) is 6.61 Å². The van der Waals surface area contributed by atoms with Crippen molar-refractivity contribution in [1.82, 2.24) is 0 Å². The van der Waals surface area contributed by atoms with Crippen molar-refractivity contribution in [3.8, 4) is 0 Å². The molecule has 142 valence electrons. The van der Waals surface area contributed by atoms with Crippen molar-refractivity contribution in [3.05, 3.63) is 0 Å². The zero-order valence-electron chi connectivity index (χ0n) is 15.1. The van der Waals surface area contributed by atoms with Crippen LogP contribution in [0.2, 0.25) is 0 Å². The fourth-order valence-corrected chi connectivity index (χ4v) is 2.44. The van der Waals surface area contributed by atoms with E-state index in [0.29, 0.717) is 13.0 Å². The van der Waals surface area contributed by atoms with E-state index in [1.165, 1.54) is 51.4 Å². The van der Waals surface area contributed by atoms with Crippen molar-refractivity contribution in [2.24, 2.45) is 0 Å². The molecule has 23 heavy (non-hydrogen) atoms. The Balaban J connectivity index is 0. The van der Waals surface area contributed by atoms with Gasteiger partial charge in [-0.05, 0) is 12.8 Å². The summed E-state index contributed by atoms with van der Waals surface area (Å²) < 4.78 is 33.0. The van der Waals surface area contributed by atoms with Gasteiger partial charge in [-0.2, -0.15) is 8.42 Å². The summed E-state index contributed by atoms with van der Waals surface area (Å²) in [6.45, 7) is 4.79. The smallest absolute Gasteiger partial charge is 0.396 e. The minimum absolute atomic E-state index is 0.0926. The van der Waals surface area contributed by atoms with Gasteiger partial charge in [0.25, 0.3) is 0 Å². The van der Waals surface area contributed by atoms with Crippen molar-refractivity contribution >= 4 is 10.4 Å². The van der Waals surface area contributed by atoms with Gasteiger partial charge < -0.3 is 5.11 Å². The highest BCUT2D eigenvalue weighted by atomic mass is 32.3. The Morgan fingerprint density at radius 2 is 1.09 bits per heavy atom. The number of aliphatic hydroxyl groups excluding tert-OH is 1. The number of hydrogen-bond acceptors (Lipinski definition) is 4. The lowest BCUT2D eigenvalue weighted by Gasteiger charge is -2.02. The Morgan fingerprint density at radius 3 is 1.43 bits per heavy atom. The van der Waals surface area contributed by atoms with Crippen LogP contribution in [0.25, 0.3) is 0 Å². The third kappa shape index (κ3) is 30.3. The van der Waals surface area contributed by atoms with Crippen LogP contribution in [0.15, 0.2) is 0 Å². The molecule has 0 saturated carbocycles. The number of aliphatic hydroxyl groups is 1. The van der Waals surface area contributed by atoms with E-state index in [-0.39, 0.29) is 6.61 Å². The van der Waals surface area contributed by atoms with E-state index in [1.807, 2.05) is 0 Å². The first-order valence-electron chi connectivity index (χ1n) is 9.20. The van der Waals surface area contributed by atoms with Crippen molar-refractivity contribution in [3.63, 3.8) is 0 Å². The third-order valence-corrected chi connectivity index (χ3v) is 3.96. The highest BCUT2D eigenvalue weighted by Gasteiger charge is 2.02. The highest BCUT2D eigenvalue weighted by molar-refractivity contribution is 7.80. The van der Waals surface area contributed by atoms with Gasteiger partial charge in [-0.15, -0.1) is 0 Å². The zero-order chi connectivity index (χ0) is 17.8. The molecule has 0 aromatic heterocycles. The van der Waals surface area contributed by atoms with Gasteiger partial charge >= 0.3 is 10.4 Å². The average molecular weight is 355 g/mol. The normalized spacial score (nSPS) is 11.1. The number of unbranched alkanes of at least 4 members (excludes halogenated alkanes) is 11. The Labute approximate surface area is 143 Å². The fourth-order valence-electron chi connectivity index (χ4n) is 2.12. The van der Waals surface area contributed by atoms with Gasteiger partial charge in [0.2, 0.25) is 0 Å². The molecule has 0 spiro atoms. The molecular weight excluding hydrogens is 316 g/mol. The molecule has 0 unspecified atom stereocenters.